The average Bonchev–Trinajstić information content (AvgIpc) is 2.99. The molecule has 1 aromatic heterocycles. The number of nitrogens with two attached hydrogens (primary N) is 1. The molecule has 4 heteroatoms. The molecule has 3 rings (SSSR count). The highest BCUT2D eigenvalue weighted by molar-refractivity contribution is 7.13. The summed E-state index contributed by atoms with van der Waals surface area (Å²) in [6, 6.07) is 16.5. The summed E-state index contributed by atoms with van der Waals surface area (Å²) in [5.74, 6) is 0.822. The Bertz CT molecular complexity index is 816. The molecule has 0 saturated heterocycles. The first kappa shape index (κ1) is 16.5. The van der Waals surface area contributed by atoms with Crippen molar-refractivity contribution in [3.63, 3.8) is 0 Å². The van der Waals surface area contributed by atoms with Gasteiger partial charge >= 0.3 is 0 Å². The van der Waals surface area contributed by atoms with E-state index in [9.17, 15) is 0 Å². The highest BCUT2D eigenvalue weighted by atomic mass is 32.1. The monoisotopic (exact) mass is 338 g/mol. The normalized spacial score (nSPS) is 11.5. The molecule has 3 nitrogen and oxygen atoms in total. The number of ether oxygens (including phenoxy) is 1. The van der Waals surface area contributed by atoms with E-state index >= 15 is 0 Å². The summed E-state index contributed by atoms with van der Waals surface area (Å²) in [6.45, 7) is 7.18. The molecule has 24 heavy (non-hydrogen) atoms. The minimum absolute atomic E-state index is 0.163. The highest BCUT2D eigenvalue weighted by Gasteiger charge is 2.13. The predicted octanol–water partition coefficient (Wildman–Crippen LogP) is 5.27. The van der Waals surface area contributed by atoms with Gasteiger partial charge in [-0.05, 0) is 28.7 Å². The molecule has 0 unspecified atom stereocenters. The quantitative estimate of drug-likeness (QED) is 0.705. The van der Waals surface area contributed by atoms with E-state index in [1.807, 2.05) is 29.6 Å². The molecule has 3 aromatic rings. The molecule has 0 bridgehead atoms. The number of anilines is 1. The number of benzene rings is 2. The zero-order valence-electron chi connectivity index (χ0n) is 14.2. The Morgan fingerprint density at radius 2 is 1.75 bits per heavy atom. The number of nitrogen functional groups attached to an aromatic ring is 1. The van der Waals surface area contributed by atoms with Crippen LogP contribution in [0.3, 0.4) is 0 Å². The van der Waals surface area contributed by atoms with Gasteiger partial charge in [-0.3, -0.25) is 0 Å². The van der Waals surface area contributed by atoms with Crippen molar-refractivity contribution < 1.29 is 4.74 Å². The standard InChI is InChI=1S/C20H22N2OS/c1-20(2,3)15-10-8-14(9-11-15)12-23-18-7-5-4-6-16(18)17-13-24-19(21)22-17/h4-11,13H,12H2,1-3H3,(H2,21,22). The number of hydrogen-bond donors (Lipinski definition) is 1. The summed E-state index contributed by atoms with van der Waals surface area (Å²) in [5.41, 5.74) is 10.2. The van der Waals surface area contributed by atoms with Gasteiger partial charge in [0.25, 0.3) is 0 Å². The van der Waals surface area contributed by atoms with Crippen LogP contribution in [0.2, 0.25) is 0 Å². The minimum atomic E-state index is 0.163. The predicted molar refractivity (Wildman–Crippen MR) is 101 cm³/mol. The lowest BCUT2D eigenvalue weighted by molar-refractivity contribution is 0.307. The van der Waals surface area contributed by atoms with Crippen LogP contribution in [0.5, 0.6) is 5.75 Å². The number of nitrogens with zero attached hydrogens (tertiary/aromatic N) is 1. The van der Waals surface area contributed by atoms with Gasteiger partial charge in [0.05, 0.1) is 5.69 Å². The smallest absolute Gasteiger partial charge is 0.180 e. The second-order valence-electron chi connectivity index (χ2n) is 6.80. The number of thiazole rings is 1. The lowest BCUT2D eigenvalue weighted by Gasteiger charge is -2.19. The van der Waals surface area contributed by atoms with Crippen molar-refractivity contribution in [2.75, 3.05) is 5.73 Å². The third-order valence-corrected chi connectivity index (χ3v) is 4.57. The van der Waals surface area contributed by atoms with Crippen LogP contribution in [0.4, 0.5) is 5.13 Å². The van der Waals surface area contributed by atoms with Gasteiger partial charge in [-0.2, -0.15) is 0 Å². The van der Waals surface area contributed by atoms with Gasteiger partial charge in [0.2, 0.25) is 0 Å². The van der Waals surface area contributed by atoms with Crippen LogP contribution < -0.4 is 10.5 Å². The highest BCUT2D eigenvalue weighted by Crippen LogP contribution is 2.32. The molecule has 0 atom stereocenters. The molecule has 0 aliphatic rings. The molecule has 2 aromatic carbocycles. The maximum atomic E-state index is 6.04. The van der Waals surface area contributed by atoms with Crippen LogP contribution in [0.15, 0.2) is 53.9 Å². The van der Waals surface area contributed by atoms with Gasteiger partial charge < -0.3 is 10.5 Å². The van der Waals surface area contributed by atoms with E-state index in [1.165, 1.54) is 16.9 Å². The molecular formula is C20H22N2OS. The largest absolute Gasteiger partial charge is 0.488 e. The number of rotatable bonds is 4. The van der Waals surface area contributed by atoms with Crippen LogP contribution in [0, 0.1) is 0 Å². The summed E-state index contributed by atoms with van der Waals surface area (Å²) in [7, 11) is 0. The lowest BCUT2D eigenvalue weighted by atomic mass is 9.87. The van der Waals surface area contributed by atoms with E-state index in [-0.39, 0.29) is 5.41 Å². The molecule has 0 aliphatic carbocycles. The van der Waals surface area contributed by atoms with Crippen molar-refractivity contribution >= 4 is 16.5 Å². The molecule has 124 valence electrons. The molecule has 2 N–H and O–H groups in total. The summed E-state index contributed by atoms with van der Waals surface area (Å²) >= 11 is 1.44. The van der Waals surface area contributed by atoms with Gasteiger partial charge in [0.1, 0.15) is 12.4 Å². The van der Waals surface area contributed by atoms with Crippen LogP contribution in [-0.4, -0.2) is 4.98 Å². The van der Waals surface area contributed by atoms with Crippen molar-refractivity contribution in [1.29, 1.82) is 0 Å². The van der Waals surface area contributed by atoms with Gasteiger partial charge in [0.15, 0.2) is 5.13 Å². The van der Waals surface area contributed by atoms with Gasteiger partial charge in [-0.25, -0.2) is 4.98 Å². The van der Waals surface area contributed by atoms with Gasteiger partial charge in [-0.1, -0.05) is 57.2 Å². The molecule has 0 aliphatic heterocycles. The molecule has 0 saturated carbocycles. The molecule has 0 radical (unpaired) electrons. The van der Waals surface area contributed by atoms with Gasteiger partial charge in [0, 0.05) is 10.9 Å². The van der Waals surface area contributed by atoms with E-state index in [1.54, 1.807) is 0 Å². The number of aromatic nitrogens is 1. The Kier molecular flexibility index (Phi) is 4.58. The fourth-order valence-electron chi connectivity index (χ4n) is 2.48. The molecule has 0 amide bonds. The second kappa shape index (κ2) is 6.65. The third-order valence-electron chi connectivity index (χ3n) is 3.90. The Balaban J connectivity index is 1.76. The minimum Gasteiger partial charge on any atom is -0.488 e. The number of para-hydroxylation sites is 1. The first-order valence-electron chi connectivity index (χ1n) is 7.96. The average molecular weight is 338 g/mol. The third kappa shape index (κ3) is 3.77. The Hall–Kier alpha value is -2.33. The fourth-order valence-corrected chi connectivity index (χ4v) is 3.04. The molecule has 0 spiro atoms. The topological polar surface area (TPSA) is 48.1 Å². The van der Waals surface area contributed by atoms with Crippen molar-refractivity contribution in [3.05, 3.63) is 65.0 Å². The summed E-state index contributed by atoms with van der Waals surface area (Å²) in [4.78, 5) is 4.35. The van der Waals surface area contributed by atoms with Crippen molar-refractivity contribution in [2.45, 2.75) is 32.8 Å². The van der Waals surface area contributed by atoms with Crippen molar-refractivity contribution in [3.8, 4) is 17.0 Å². The number of hydrogen-bond acceptors (Lipinski definition) is 4. The summed E-state index contributed by atoms with van der Waals surface area (Å²) < 4.78 is 6.04. The molecule has 1 heterocycles. The van der Waals surface area contributed by atoms with Crippen LogP contribution >= 0.6 is 11.3 Å². The first-order valence-corrected chi connectivity index (χ1v) is 8.84. The van der Waals surface area contributed by atoms with Crippen molar-refractivity contribution in [2.24, 2.45) is 0 Å². The molecular weight excluding hydrogens is 316 g/mol. The van der Waals surface area contributed by atoms with Gasteiger partial charge in [-0.15, -0.1) is 11.3 Å². The zero-order chi connectivity index (χ0) is 17.2. The Morgan fingerprint density at radius 3 is 2.38 bits per heavy atom. The maximum Gasteiger partial charge on any atom is 0.180 e. The van der Waals surface area contributed by atoms with Crippen LogP contribution in [0.1, 0.15) is 31.9 Å². The first-order chi connectivity index (χ1) is 11.4. The summed E-state index contributed by atoms with van der Waals surface area (Å²) in [5, 5.41) is 2.52. The van der Waals surface area contributed by atoms with E-state index in [0.29, 0.717) is 11.7 Å². The second-order valence-corrected chi connectivity index (χ2v) is 7.69. The Morgan fingerprint density at radius 1 is 1.04 bits per heavy atom. The Labute approximate surface area is 147 Å². The summed E-state index contributed by atoms with van der Waals surface area (Å²) in [6.07, 6.45) is 0. The van der Waals surface area contributed by atoms with Crippen LogP contribution in [-0.2, 0) is 12.0 Å². The lowest BCUT2D eigenvalue weighted by Crippen LogP contribution is -2.10. The van der Waals surface area contributed by atoms with E-state index < -0.39 is 0 Å². The van der Waals surface area contributed by atoms with E-state index in [0.717, 1.165) is 22.6 Å². The van der Waals surface area contributed by atoms with Crippen LogP contribution in [0.25, 0.3) is 11.3 Å². The van der Waals surface area contributed by atoms with E-state index in [2.05, 4.69) is 50.0 Å². The SMILES string of the molecule is CC(C)(C)c1ccc(COc2ccccc2-c2csc(N)n2)cc1. The fraction of sp³-hybridized carbons (Fsp3) is 0.250. The molecule has 0 fully saturated rings. The van der Waals surface area contributed by atoms with E-state index in [4.69, 9.17) is 10.5 Å². The van der Waals surface area contributed by atoms with Crippen molar-refractivity contribution in [1.82, 2.24) is 4.98 Å². The zero-order valence-corrected chi connectivity index (χ0v) is 15.1. The maximum absolute atomic E-state index is 6.04.